The van der Waals surface area contributed by atoms with E-state index in [-0.39, 0.29) is 0 Å². The van der Waals surface area contributed by atoms with Gasteiger partial charge < -0.3 is 5.11 Å². The molecule has 2 aliphatic rings. The van der Waals surface area contributed by atoms with Crippen LogP contribution in [0.3, 0.4) is 0 Å². The Labute approximate surface area is 148 Å². The highest BCUT2D eigenvalue weighted by molar-refractivity contribution is 5.26. The third-order valence-electron chi connectivity index (χ3n) is 6.16. The van der Waals surface area contributed by atoms with E-state index in [1.165, 1.54) is 75.3 Å². The summed E-state index contributed by atoms with van der Waals surface area (Å²) < 4.78 is 0. The van der Waals surface area contributed by atoms with Crippen molar-refractivity contribution in [2.24, 2.45) is 5.92 Å². The van der Waals surface area contributed by atoms with Crippen molar-refractivity contribution in [2.45, 2.75) is 83.2 Å². The maximum absolute atomic E-state index is 9.44. The van der Waals surface area contributed by atoms with Crippen molar-refractivity contribution in [1.29, 1.82) is 0 Å². The molecule has 0 aliphatic carbocycles. The van der Waals surface area contributed by atoms with Gasteiger partial charge in [-0.2, -0.15) is 0 Å². The SMILES string of the molecule is CCCCCCCCc1ccc([C@@H]2CCC3C[C@H](CO)CN32)cc1. The average molecular weight is 330 g/mol. The van der Waals surface area contributed by atoms with Gasteiger partial charge in [-0.1, -0.05) is 63.3 Å². The molecule has 2 nitrogen and oxygen atoms in total. The lowest BCUT2D eigenvalue weighted by Gasteiger charge is -2.24. The van der Waals surface area contributed by atoms with E-state index in [4.69, 9.17) is 0 Å². The zero-order valence-corrected chi connectivity index (χ0v) is 15.4. The Morgan fingerprint density at radius 1 is 1.00 bits per heavy atom. The minimum atomic E-state index is 0.358. The van der Waals surface area contributed by atoms with Gasteiger partial charge in [-0.25, -0.2) is 0 Å². The number of unbranched alkanes of at least 4 members (excludes halogenated alkanes) is 5. The van der Waals surface area contributed by atoms with E-state index < -0.39 is 0 Å². The van der Waals surface area contributed by atoms with Crippen molar-refractivity contribution in [3.05, 3.63) is 35.4 Å². The van der Waals surface area contributed by atoms with E-state index in [0.717, 1.165) is 12.6 Å². The van der Waals surface area contributed by atoms with E-state index in [0.29, 0.717) is 18.6 Å². The first kappa shape index (κ1) is 17.9. The Kier molecular flexibility index (Phi) is 6.74. The lowest BCUT2D eigenvalue weighted by Crippen LogP contribution is -2.26. The van der Waals surface area contributed by atoms with Gasteiger partial charge in [0, 0.05) is 25.2 Å². The van der Waals surface area contributed by atoms with E-state index >= 15 is 0 Å². The van der Waals surface area contributed by atoms with Crippen LogP contribution in [0.1, 0.15) is 81.9 Å². The van der Waals surface area contributed by atoms with Gasteiger partial charge in [-0.15, -0.1) is 0 Å². The molecular formula is C22H35NO. The fourth-order valence-electron chi connectivity index (χ4n) is 4.73. The van der Waals surface area contributed by atoms with Crippen molar-refractivity contribution in [3.63, 3.8) is 0 Å². The fourth-order valence-corrected chi connectivity index (χ4v) is 4.73. The first-order valence-electron chi connectivity index (χ1n) is 10.3. The molecule has 0 bridgehead atoms. The maximum atomic E-state index is 9.44. The van der Waals surface area contributed by atoms with Crippen molar-refractivity contribution in [3.8, 4) is 0 Å². The number of aliphatic hydroxyl groups is 1. The first-order valence-corrected chi connectivity index (χ1v) is 10.3. The number of benzene rings is 1. The molecule has 24 heavy (non-hydrogen) atoms. The molecule has 0 amide bonds. The molecule has 1 aromatic carbocycles. The van der Waals surface area contributed by atoms with Crippen molar-refractivity contribution < 1.29 is 5.11 Å². The van der Waals surface area contributed by atoms with Gasteiger partial charge in [0.1, 0.15) is 0 Å². The van der Waals surface area contributed by atoms with Crippen LogP contribution in [0.5, 0.6) is 0 Å². The molecule has 1 unspecified atom stereocenters. The maximum Gasteiger partial charge on any atom is 0.0472 e. The molecule has 2 fully saturated rings. The average Bonchev–Trinajstić information content (AvgIpc) is 3.19. The topological polar surface area (TPSA) is 23.5 Å². The third kappa shape index (κ3) is 4.40. The van der Waals surface area contributed by atoms with Crippen LogP contribution >= 0.6 is 0 Å². The van der Waals surface area contributed by atoms with Crippen LogP contribution in [0, 0.1) is 5.92 Å². The third-order valence-corrected chi connectivity index (χ3v) is 6.16. The Morgan fingerprint density at radius 2 is 1.75 bits per heavy atom. The minimum Gasteiger partial charge on any atom is -0.396 e. The van der Waals surface area contributed by atoms with E-state index in [1.54, 1.807) is 0 Å². The minimum absolute atomic E-state index is 0.358. The molecule has 2 heterocycles. The number of aryl methyl sites for hydroxylation is 1. The lowest BCUT2D eigenvalue weighted by molar-refractivity contribution is 0.204. The molecule has 0 aromatic heterocycles. The van der Waals surface area contributed by atoms with Crippen molar-refractivity contribution in [2.75, 3.05) is 13.2 Å². The molecule has 134 valence electrons. The van der Waals surface area contributed by atoms with Crippen LogP contribution in [0.2, 0.25) is 0 Å². The van der Waals surface area contributed by atoms with Crippen LogP contribution in [-0.4, -0.2) is 29.2 Å². The summed E-state index contributed by atoms with van der Waals surface area (Å²) in [6, 6.07) is 10.8. The van der Waals surface area contributed by atoms with Crippen LogP contribution < -0.4 is 0 Å². The van der Waals surface area contributed by atoms with Crippen LogP contribution in [-0.2, 0) is 6.42 Å². The molecule has 0 spiro atoms. The summed E-state index contributed by atoms with van der Waals surface area (Å²) in [6.07, 6.45) is 13.3. The van der Waals surface area contributed by atoms with E-state index in [9.17, 15) is 5.11 Å². The predicted octanol–water partition coefficient (Wildman–Crippen LogP) is 5.11. The van der Waals surface area contributed by atoms with Gasteiger partial charge in [0.15, 0.2) is 0 Å². The van der Waals surface area contributed by atoms with Gasteiger partial charge in [0.05, 0.1) is 0 Å². The standard InChI is InChI=1S/C22H35NO/c1-2-3-4-5-6-7-8-18-9-11-20(12-10-18)22-14-13-21-15-19(17-24)16-23(21)22/h9-12,19,21-22,24H,2-8,13-17H2,1H3/t19-,21?,22-/m0/s1. The number of hydrogen-bond acceptors (Lipinski definition) is 2. The van der Waals surface area contributed by atoms with Crippen molar-refractivity contribution >= 4 is 0 Å². The molecule has 0 saturated carbocycles. The normalized spacial score (nSPS) is 26.8. The van der Waals surface area contributed by atoms with Gasteiger partial charge in [-0.3, -0.25) is 4.90 Å². The molecule has 2 heteroatoms. The highest BCUT2D eigenvalue weighted by atomic mass is 16.3. The first-order chi connectivity index (χ1) is 11.8. The molecular weight excluding hydrogens is 294 g/mol. The van der Waals surface area contributed by atoms with Crippen LogP contribution in [0.4, 0.5) is 0 Å². The molecule has 1 N–H and O–H groups in total. The summed E-state index contributed by atoms with van der Waals surface area (Å²) in [6.45, 7) is 3.72. The summed E-state index contributed by atoms with van der Waals surface area (Å²) >= 11 is 0. The highest BCUT2D eigenvalue weighted by Gasteiger charge is 2.41. The van der Waals surface area contributed by atoms with E-state index in [2.05, 4.69) is 36.1 Å². The van der Waals surface area contributed by atoms with Crippen molar-refractivity contribution in [1.82, 2.24) is 4.90 Å². The quantitative estimate of drug-likeness (QED) is 0.637. The van der Waals surface area contributed by atoms with E-state index in [1.807, 2.05) is 0 Å². The predicted molar refractivity (Wildman–Crippen MR) is 101 cm³/mol. The van der Waals surface area contributed by atoms with Gasteiger partial charge in [0.25, 0.3) is 0 Å². The molecule has 2 saturated heterocycles. The summed E-state index contributed by atoms with van der Waals surface area (Å²) in [5.74, 6) is 0.504. The molecule has 3 rings (SSSR count). The monoisotopic (exact) mass is 329 g/mol. The number of rotatable bonds is 9. The number of aliphatic hydroxyl groups excluding tert-OH is 1. The molecule has 3 atom stereocenters. The number of hydrogen-bond donors (Lipinski definition) is 1. The molecule has 2 aliphatic heterocycles. The second-order valence-electron chi connectivity index (χ2n) is 7.99. The largest absolute Gasteiger partial charge is 0.396 e. The van der Waals surface area contributed by atoms with Crippen LogP contribution in [0.25, 0.3) is 0 Å². The smallest absolute Gasteiger partial charge is 0.0472 e. The van der Waals surface area contributed by atoms with Gasteiger partial charge in [-0.05, 0) is 49.1 Å². The highest BCUT2D eigenvalue weighted by Crippen LogP contribution is 2.42. The summed E-state index contributed by atoms with van der Waals surface area (Å²) in [5, 5.41) is 9.44. The summed E-state index contributed by atoms with van der Waals surface area (Å²) in [7, 11) is 0. The number of nitrogens with zero attached hydrogens (tertiary/aromatic N) is 1. The fraction of sp³-hybridized carbons (Fsp3) is 0.727. The van der Waals surface area contributed by atoms with Gasteiger partial charge in [0.2, 0.25) is 0 Å². The Morgan fingerprint density at radius 3 is 2.50 bits per heavy atom. The molecule has 1 aromatic rings. The zero-order valence-electron chi connectivity index (χ0n) is 15.4. The Hall–Kier alpha value is -0.860. The second kappa shape index (κ2) is 9.01. The Bertz CT molecular complexity index is 483. The lowest BCUT2D eigenvalue weighted by atomic mass is 9.98. The summed E-state index contributed by atoms with van der Waals surface area (Å²) in [5.41, 5.74) is 2.99. The zero-order chi connectivity index (χ0) is 16.8. The second-order valence-corrected chi connectivity index (χ2v) is 7.99. The molecule has 0 radical (unpaired) electrons. The van der Waals surface area contributed by atoms with Gasteiger partial charge >= 0.3 is 0 Å². The Balaban J connectivity index is 1.46. The number of fused-ring (bicyclic) bond motifs is 1. The van der Waals surface area contributed by atoms with Crippen LogP contribution in [0.15, 0.2) is 24.3 Å². The summed E-state index contributed by atoms with van der Waals surface area (Å²) in [4.78, 5) is 2.66.